The van der Waals surface area contributed by atoms with E-state index in [1.807, 2.05) is 0 Å². The lowest BCUT2D eigenvalue weighted by molar-refractivity contribution is -0.205. The van der Waals surface area contributed by atoms with Gasteiger partial charge in [0.05, 0.1) is 9.90 Å². The highest BCUT2D eigenvalue weighted by Gasteiger charge is 2.41. The quantitative estimate of drug-likeness (QED) is 0.765. The van der Waals surface area contributed by atoms with Gasteiger partial charge in [-0.1, -0.05) is 11.6 Å². The van der Waals surface area contributed by atoms with Crippen LogP contribution in [0.4, 0.5) is 13.2 Å². The smallest absolute Gasteiger partial charge is 0.379 e. The van der Waals surface area contributed by atoms with Crippen LogP contribution in [0.5, 0.6) is 0 Å². The molecule has 1 aromatic rings. The normalized spacial score (nSPS) is 14.8. The molecule has 0 aliphatic carbocycles. The summed E-state index contributed by atoms with van der Waals surface area (Å²) in [6.07, 6.45) is -7.11. The van der Waals surface area contributed by atoms with Crippen LogP contribution in [0.15, 0.2) is 11.4 Å². The van der Waals surface area contributed by atoms with E-state index in [0.29, 0.717) is 0 Å². The Bertz CT molecular complexity index is 270. The minimum Gasteiger partial charge on any atom is -0.379 e. The summed E-state index contributed by atoms with van der Waals surface area (Å²) in [6.45, 7) is 0. The molecule has 1 rings (SSSR count). The highest BCUT2D eigenvalue weighted by Crippen LogP contribution is 2.38. The summed E-state index contributed by atoms with van der Waals surface area (Å²) < 4.78 is 35.7. The molecule has 0 fully saturated rings. The van der Waals surface area contributed by atoms with Gasteiger partial charge in [0.15, 0.2) is 6.10 Å². The first-order valence-electron chi connectivity index (χ1n) is 2.90. The molecule has 1 unspecified atom stereocenters. The van der Waals surface area contributed by atoms with Gasteiger partial charge < -0.3 is 5.11 Å². The van der Waals surface area contributed by atoms with E-state index in [0.717, 1.165) is 11.3 Å². The first kappa shape index (κ1) is 9.83. The number of aliphatic hydroxyl groups is 1. The monoisotopic (exact) mass is 216 g/mol. The molecule has 0 aliphatic heterocycles. The third-order valence-electron chi connectivity index (χ3n) is 1.20. The van der Waals surface area contributed by atoms with Crippen LogP contribution in [0.3, 0.4) is 0 Å². The predicted molar refractivity (Wildman–Crippen MR) is 40.3 cm³/mol. The highest BCUT2D eigenvalue weighted by atomic mass is 35.5. The Hall–Kier alpha value is -0.260. The van der Waals surface area contributed by atoms with Crippen LogP contribution in [-0.4, -0.2) is 11.3 Å². The van der Waals surface area contributed by atoms with E-state index < -0.39 is 12.3 Å². The van der Waals surface area contributed by atoms with E-state index in [-0.39, 0.29) is 9.90 Å². The fraction of sp³-hybridized carbons (Fsp3) is 0.333. The van der Waals surface area contributed by atoms with Gasteiger partial charge in [-0.25, -0.2) is 0 Å². The van der Waals surface area contributed by atoms with Crippen molar-refractivity contribution in [2.45, 2.75) is 12.3 Å². The Morgan fingerprint density at radius 2 is 2.08 bits per heavy atom. The number of alkyl halides is 3. The number of hydrogen-bond acceptors (Lipinski definition) is 2. The van der Waals surface area contributed by atoms with Crippen LogP contribution in [0, 0.1) is 0 Å². The summed E-state index contributed by atoms with van der Waals surface area (Å²) in [5, 5.41) is 10.1. The maximum absolute atomic E-state index is 11.9. The molecular formula is C6H4ClF3OS. The average Bonchev–Trinajstić information content (AvgIpc) is 2.31. The van der Waals surface area contributed by atoms with Crippen molar-refractivity contribution in [2.24, 2.45) is 0 Å². The van der Waals surface area contributed by atoms with Gasteiger partial charge in [-0.3, -0.25) is 0 Å². The SMILES string of the molecule is OC(c1sccc1Cl)C(F)(F)F. The molecule has 1 nitrogen and oxygen atoms in total. The molecule has 0 aliphatic rings. The standard InChI is InChI=1S/C6H4ClF3OS/c7-3-1-2-12-4(3)5(11)6(8,9)10/h1-2,5,11H. The molecule has 0 aromatic carbocycles. The van der Waals surface area contributed by atoms with E-state index in [4.69, 9.17) is 16.7 Å². The molecule has 1 aromatic heterocycles. The Morgan fingerprint density at radius 1 is 1.50 bits per heavy atom. The van der Waals surface area contributed by atoms with Crippen molar-refractivity contribution in [1.82, 2.24) is 0 Å². The summed E-state index contributed by atoms with van der Waals surface area (Å²) in [5.41, 5.74) is 0. The first-order valence-corrected chi connectivity index (χ1v) is 4.16. The summed E-state index contributed by atoms with van der Waals surface area (Å²) in [5.74, 6) is 0. The van der Waals surface area contributed by atoms with Gasteiger partial charge in [-0.2, -0.15) is 13.2 Å². The molecule has 0 radical (unpaired) electrons. The van der Waals surface area contributed by atoms with Crippen LogP contribution in [-0.2, 0) is 0 Å². The lowest BCUT2D eigenvalue weighted by atomic mass is 10.3. The molecule has 1 N–H and O–H groups in total. The zero-order valence-corrected chi connectivity index (χ0v) is 7.17. The van der Waals surface area contributed by atoms with Crippen molar-refractivity contribution < 1.29 is 18.3 Å². The lowest BCUT2D eigenvalue weighted by Crippen LogP contribution is -2.19. The van der Waals surface area contributed by atoms with Gasteiger partial charge in [-0.15, -0.1) is 11.3 Å². The average molecular weight is 217 g/mol. The Kier molecular flexibility index (Phi) is 2.65. The number of hydrogen-bond donors (Lipinski definition) is 1. The molecular weight excluding hydrogens is 213 g/mol. The second kappa shape index (κ2) is 3.24. The molecule has 0 saturated carbocycles. The molecule has 1 heterocycles. The van der Waals surface area contributed by atoms with Crippen LogP contribution in [0.25, 0.3) is 0 Å². The van der Waals surface area contributed by atoms with Crippen molar-refractivity contribution in [3.63, 3.8) is 0 Å². The molecule has 0 bridgehead atoms. The van der Waals surface area contributed by atoms with Gasteiger partial charge in [0, 0.05) is 0 Å². The third kappa shape index (κ3) is 1.91. The van der Waals surface area contributed by atoms with Crippen molar-refractivity contribution in [3.8, 4) is 0 Å². The number of thiophene rings is 1. The van der Waals surface area contributed by atoms with Gasteiger partial charge in [0.25, 0.3) is 0 Å². The zero-order valence-electron chi connectivity index (χ0n) is 5.60. The number of rotatable bonds is 1. The Balaban J connectivity index is 2.92. The van der Waals surface area contributed by atoms with Gasteiger partial charge in [0.2, 0.25) is 0 Å². The second-order valence-corrected chi connectivity index (χ2v) is 3.43. The Morgan fingerprint density at radius 3 is 2.42 bits per heavy atom. The van der Waals surface area contributed by atoms with E-state index in [1.165, 1.54) is 11.4 Å². The van der Waals surface area contributed by atoms with E-state index >= 15 is 0 Å². The van der Waals surface area contributed by atoms with Crippen molar-refractivity contribution in [1.29, 1.82) is 0 Å². The molecule has 1 atom stereocenters. The summed E-state index contributed by atoms with van der Waals surface area (Å²) in [7, 11) is 0. The van der Waals surface area contributed by atoms with Gasteiger partial charge >= 0.3 is 6.18 Å². The number of aliphatic hydroxyl groups excluding tert-OH is 1. The molecule has 0 spiro atoms. The Labute approximate surface area is 75.4 Å². The molecule has 12 heavy (non-hydrogen) atoms. The second-order valence-electron chi connectivity index (χ2n) is 2.08. The topological polar surface area (TPSA) is 20.2 Å². The van der Waals surface area contributed by atoms with Crippen molar-refractivity contribution in [2.75, 3.05) is 0 Å². The van der Waals surface area contributed by atoms with E-state index in [9.17, 15) is 13.2 Å². The molecule has 0 saturated heterocycles. The fourth-order valence-corrected chi connectivity index (χ4v) is 1.82. The number of halogens is 4. The van der Waals surface area contributed by atoms with Gasteiger partial charge in [-0.05, 0) is 11.4 Å². The van der Waals surface area contributed by atoms with E-state index in [1.54, 1.807) is 0 Å². The highest BCUT2D eigenvalue weighted by molar-refractivity contribution is 7.10. The van der Waals surface area contributed by atoms with Crippen molar-refractivity contribution >= 4 is 22.9 Å². The molecule has 68 valence electrons. The third-order valence-corrected chi connectivity index (χ3v) is 2.61. The first-order chi connectivity index (χ1) is 5.43. The van der Waals surface area contributed by atoms with Crippen LogP contribution in [0.1, 0.15) is 11.0 Å². The zero-order chi connectivity index (χ0) is 9.35. The predicted octanol–water partition coefficient (Wildman–Crippen LogP) is 3.00. The maximum atomic E-state index is 11.9. The fourth-order valence-electron chi connectivity index (χ4n) is 0.649. The van der Waals surface area contributed by atoms with Crippen LogP contribution >= 0.6 is 22.9 Å². The lowest BCUT2D eigenvalue weighted by Gasteiger charge is -2.12. The minimum atomic E-state index is -4.64. The summed E-state index contributed by atoms with van der Waals surface area (Å²) in [4.78, 5) is -0.260. The van der Waals surface area contributed by atoms with Crippen molar-refractivity contribution in [3.05, 3.63) is 21.3 Å². The van der Waals surface area contributed by atoms with E-state index in [2.05, 4.69) is 0 Å². The molecule has 6 heteroatoms. The van der Waals surface area contributed by atoms with Gasteiger partial charge in [0.1, 0.15) is 0 Å². The summed E-state index contributed by atoms with van der Waals surface area (Å²) in [6, 6.07) is 1.32. The largest absolute Gasteiger partial charge is 0.419 e. The van der Waals surface area contributed by atoms with Crippen LogP contribution < -0.4 is 0 Å². The molecule has 0 amide bonds. The van der Waals surface area contributed by atoms with Crippen LogP contribution in [0.2, 0.25) is 5.02 Å². The summed E-state index contributed by atoms with van der Waals surface area (Å²) >= 11 is 6.17. The minimum absolute atomic E-state index is 0.0511. The maximum Gasteiger partial charge on any atom is 0.419 e.